The molecule has 24 heavy (non-hydrogen) atoms. The standard InChI is InChI=1S/C19H23N3O2/c1-14-9-11-16(12-10-14)20-19(24)21-17(13-18(23)22(2)3)15-7-5-4-6-8-15/h4-12,17H,13H2,1-3H3,(H2,20,21,24). The molecule has 0 heterocycles. The van der Waals surface area contributed by atoms with Gasteiger partial charge in [0.1, 0.15) is 0 Å². The first kappa shape index (κ1) is 17.5. The van der Waals surface area contributed by atoms with Gasteiger partial charge in [0.25, 0.3) is 0 Å². The average molecular weight is 325 g/mol. The smallest absolute Gasteiger partial charge is 0.319 e. The lowest BCUT2D eigenvalue weighted by molar-refractivity contribution is -0.129. The zero-order valence-corrected chi connectivity index (χ0v) is 14.2. The highest BCUT2D eigenvalue weighted by Gasteiger charge is 2.19. The SMILES string of the molecule is Cc1ccc(NC(=O)NC(CC(=O)N(C)C)c2ccccc2)cc1. The molecule has 0 spiro atoms. The van der Waals surface area contributed by atoms with Crippen LogP contribution < -0.4 is 10.6 Å². The van der Waals surface area contributed by atoms with E-state index < -0.39 is 0 Å². The number of nitrogens with zero attached hydrogens (tertiary/aromatic N) is 1. The maximum Gasteiger partial charge on any atom is 0.319 e. The fraction of sp³-hybridized carbons (Fsp3) is 0.263. The number of carbonyl (C=O) groups excluding carboxylic acids is 2. The van der Waals surface area contributed by atoms with Gasteiger partial charge in [0.05, 0.1) is 12.5 Å². The zero-order valence-electron chi connectivity index (χ0n) is 14.2. The highest BCUT2D eigenvalue weighted by Crippen LogP contribution is 2.18. The molecular weight excluding hydrogens is 302 g/mol. The van der Waals surface area contributed by atoms with Gasteiger partial charge in [-0.05, 0) is 24.6 Å². The van der Waals surface area contributed by atoms with Crippen LogP contribution in [0.4, 0.5) is 10.5 Å². The molecule has 0 saturated carbocycles. The maximum absolute atomic E-state index is 12.3. The number of nitrogens with one attached hydrogen (secondary N) is 2. The second-order valence-electron chi connectivity index (χ2n) is 5.92. The topological polar surface area (TPSA) is 61.4 Å². The van der Waals surface area contributed by atoms with Gasteiger partial charge >= 0.3 is 6.03 Å². The van der Waals surface area contributed by atoms with Crippen LogP contribution in [0.2, 0.25) is 0 Å². The monoisotopic (exact) mass is 325 g/mol. The summed E-state index contributed by atoms with van der Waals surface area (Å²) in [7, 11) is 3.41. The van der Waals surface area contributed by atoms with Gasteiger partial charge in [-0.25, -0.2) is 4.79 Å². The fourth-order valence-corrected chi connectivity index (χ4v) is 2.26. The first-order valence-corrected chi connectivity index (χ1v) is 7.85. The Bertz CT molecular complexity index is 682. The molecule has 2 aromatic carbocycles. The molecule has 0 fully saturated rings. The van der Waals surface area contributed by atoms with Gasteiger partial charge in [-0.1, -0.05) is 48.0 Å². The summed E-state index contributed by atoms with van der Waals surface area (Å²) in [6.07, 6.45) is 0.207. The first-order valence-electron chi connectivity index (χ1n) is 7.85. The molecule has 3 amide bonds. The van der Waals surface area contributed by atoms with Gasteiger partial charge in [0.2, 0.25) is 5.91 Å². The third-order valence-corrected chi connectivity index (χ3v) is 3.69. The highest BCUT2D eigenvalue weighted by atomic mass is 16.2. The Balaban J connectivity index is 2.08. The molecule has 1 unspecified atom stereocenters. The van der Waals surface area contributed by atoms with Crippen molar-refractivity contribution in [2.24, 2.45) is 0 Å². The number of hydrogen-bond acceptors (Lipinski definition) is 2. The predicted octanol–water partition coefficient (Wildman–Crippen LogP) is 3.34. The number of aryl methyl sites for hydroxylation is 1. The van der Waals surface area contributed by atoms with Crippen molar-refractivity contribution < 1.29 is 9.59 Å². The molecule has 0 aromatic heterocycles. The Morgan fingerprint density at radius 3 is 2.21 bits per heavy atom. The van der Waals surface area contributed by atoms with Crippen molar-refractivity contribution in [1.29, 1.82) is 0 Å². The van der Waals surface area contributed by atoms with Crippen LogP contribution in [0, 0.1) is 6.92 Å². The minimum absolute atomic E-state index is 0.0421. The van der Waals surface area contributed by atoms with E-state index in [1.54, 1.807) is 14.1 Å². The summed E-state index contributed by atoms with van der Waals surface area (Å²) < 4.78 is 0. The molecule has 0 radical (unpaired) electrons. The van der Waals surface area contributed by atoms with Gasteiger partial charge in [-0.2, -0.15) is 0 Å². The van der Waals surface area contributed by atoms with E-state index in [9.17, 15) is 9.59 Å². The minimum atomic E-state index is -0.383. The lowest BCUT2D eigenvalue weighted by Gasteiger charge is -2.21. The number of rotatable bonds is 5. The second-order valence-corrected chi connectivity index (χ2v) is 5.92. The molecule has 2 aromatic rings. The van der Waals surface area contributed by atoms with E-state index in [-0.39, 0.29) is 24.4 Å². The molecular formula is C19H23N3O2. The van der Waals surface area contributed by atoms with E-state index in [1.807, 2.05) is 61.5 Å². The maximum atomic E-state index is 12.3. The molecule has 0 aliphatic carbocycles. The van der Waals surface area contributed by atoms with E-state index in [2.05, 4.69) is 10.6 Å². The summed E-state index contributed by atoms with van der Waals surface area (Å²) in [5, 5.41) is 5.68. The van der Waals surface area contributed by atoms with Crippen molar-refractivity contribution in [1.82, 2.24) is 10.2 Å². The molecule has 0 aliphatic rings. The van der Waals surface area contributed by atoms with Crippen LogP contribution >= 0.6 is 0 Å². The van der Waals surface area contributed by atoms with Crippen molar-refractivity contribution >= 4 is 17.6 Å². The molecule has 0 bridgehead atoms. The highest BCUT2D eigenvalue weighted by molar-refractivity contribution is 5.90. The van der Waals surface area contributed by atoms with Gasteiger partial charge in [0.15, 0.2) is 0 Å². The summed E-state index contributed by atoms with van der Waals surface area (Å²) >= 11 is 0. The van der Waals surface area contributed by atoms with E-state index in [4.69, 9.17) is 0 Å². The lowest BCUT2D eigenvalue weighted by atomic mass is 10.0. The zero-order chi connectivity index (χ0) is 17.5. The van der Waals surface area contributed by atoms with Gasteiger partial charge in [0, 0.05) is 19.8 Å². The minimum Gasteiger partial charge on any atom is -0.349 e. The Labute approximate surface area is 142 Å². The van der Waals surface area contributed by atoms with Crippen molar-refractivity contribution in [3.05, 3.63) is 65.7 Å². The summed E-state index contributed by atoms with van der Waals surface area (Å²) in [5.41, 5.74) is 2.73. The molecule has 2 rings (SSSR count). The van der Waals surface area contributed by atoms with Gasteiger partial charge in [-0.3, -0.25) is 4.79 Å². The summed E-state index contributed by atoms with van der Waals surface area (Å²) in [5.74, 6) is -0.0421. The number of benzene rings is 2. The third-order valence-electron chi connectivity index (χ3n) is 3.69. The van der Waals surface area contributed by atoms with Crippen LogP contribution in [0.3, 0.4) is 0 Å². The van der Waals surface area contributed by atoms with E-state index in [0.717, 1.165) is 11.1 Å². The Hall–Kier alpha value is -2.82. The number of amides is 3. The van der Waals surface area contributed by atoms with Crippen LogP contribution in [0.5, 0.6) is 0 Å². The lowest BCUT2D eigenvalue weighted by Crippen LogP contribution is -2.36. The number of carbonyl (C=O) groups is 2. The Morgan fingerprint density at radius 1 is 1.00 bits per heavy atom. The third kappa shape index (κ3) is 5.12. The van der Waals surface area contributed by atoms with Crippen LogP contribution in [0.15, 0.2) is 54.6 Å². The number of hydrogen-bond donors (Lipinski definition) is 2. The van der Waals surface area contributed by atoms with Crippen molar-refractivity contribution in [3.8, 4) is 0 Å². The summed E-state index contributed by atoms with van der Waals surface area (Å²) in [4.78, 5) is 25.9. The predicted molar refractivity (Wildman–Crippen MR) is 95.8 cm³/mol. The Morgan fingerprint density at radius 2 is 1.62 bits per heavy atom. The van der Waals surface area contributed by atoms with E-state index >= 15 is 0 Å². The van der Waals surface area contributed by atoms with Gasteiger partial charge in [-0.15, -0.1) is 0 Å². The molecule has 5 heteroatoms. The normalized spacial score (nSPS) is 11.5. The van der Waals surface area contributed by atoms with Crippen LogP contribution in [0.25, 0.3) is 0 Å². The quantitative estimate of drug-likeness (QED) is 0.886. The molecule has 0 saturated heterocycles. The number of anilines is 1. The molecule has 126 valence electrons. The largest absolute Gasteiger partial charge is 0.349 e. The number of urea groups is 1. The fourth-order valence-electron chi connectivity index (χ4n) is 2.26. The van der Waals surface area contributed by atoms with E-state index in [1.165, 1.54) is 4.90 Å². The first-order chi connectivity index (χ1) is 11.5. The van der Waals surface area contributed by atoms with E-state index in [0.29, 0.717) is 5.69 Å². The van der Waals surface area contributed by atoms with Crippen LogP contribution in [-0.2, 0) is 4.79 Å². The molecule has 1 atom stereocenters. The van der Waals surface area contributed by atoms with Crippen molar-refractivity contribution in [2.75, 3.05) is 19.4 Å². The molecule has 0 aliphatic heterocycles. The van der Waals surface area contributed by atoms with Crippen LogP contribution in [0.1, 0.15) is 23.6 Å². The second kappa shape index (κ2) is 8.15. The molecule has 2 N–H and O–H groups in total. The Kier molecular flexibility index (Phi) is 5.95. The van der Waals surface area contributed by atoms with Crippen LogP contribution in [-0.4, -0.2) is 30.9 Å². The van der Waals surface area contributed by atoms with Crippen molar-refractivity contribution in [2.45, 2.75) is 19.4 Å². The van der Waals surface area contributed by atoms with Crippen molar-refractivity contribution in [3.63, 3.8) is 0 Å². The summed E-state index contributed by atoms with van der Waals surface area (Å²) in [6, 6.07) is 16.3. The molecule has 5 nitrogen and oxygen atoms in total. The van der Waals surface area contributed by atoms with Gasteiger partial charge < -0.3 is 15.5 Å². The summed E-state index contributed by atoms with van der Waals surface area (Å²) in [6.45, 7) is 1.99. The average Bonchev–Trinajstić information content (AvgIpc) is 2.57.